The van der Waals surface area contributed by atoms with Gasteiger partial charge in [0.1, 0.15) is 17.7 Å². The summed E-state index contributed by atoms with van der Waals surface area (Å²) in [4.78, 5) is 4.85. The monoisotopic (exact) mass is 560 g/mol. The highest BCUT2D eigenvalue weighted by molar-refractivity contribution is 5.79. The predicted molar refractivity (Wildman–Crippen MR) is 160 cm³/mol. The van der Waals surface area contributed by atoms with Gasteiger partial charge in [0, 0.05) is 18.7 Å². The number of aliphatic hydroxyl groups excluding tert-OH is 2. The van der Waals surface area contributed by atoms with Crippen molar-refractivity contribution in [1.82, 2.24) is 9.55 Å². The number of unbranched alkanes of at least 4 members (excludes halogenated alkanes) is 1. The highest BCUT2D eigenvalue weighted by Gasteiger charge is 2.29. The van der Waals surface area contributed by atoms with Crippen molar-refractivity contribution >= 4 is 17.0 Å². The number of aromatic nitrogens is 2. The van der Waals surface area contributed by atoms with Crippen LogP contribution in [0, 0.1) is 0 Å². The van der Waals surface area contributed by atoms with E-state index in [1.165, 1.54) is 0 Å². The van der Waals surface area contributed by atoms with Crippen LogP contribution < -0.4 is 20.5 Å². The van der Waals surface area contributed by atoms with Crippen LogP contribution in [0.4, 0.5) is 5.95 Å². The third-order valence-corrected chi connectivity index (χ3v) is 7.24. The molecule has 218 valence electrons. The van der Waals surface area contributed by atoms with Crippen LogP contribution >= 0.6 is 0 Å². The Bertz CT molecular complexity index is 1410. The van der Waals surface area contributed by atoms with E-state index in [-0.39, 0.29) is 25.5 Å². The molecule has 0 radical (unpaired) electrons. The number of rotatable bonds is 15. The van der Waals surface area contributed by atoms with Crippen molar-refractivity contribution in [2.75, 3.05) is 38.3 Å². The lowest BCUT2D eigenvalue weighted by Crippen LogP contribution is -2.16. The van der Waals surface area contributed by atoms with E-state index in [9.17, 15) is 10.2 Å². The summed E-state index contributed by atoms with van der Waals surface area (Å²) in [6.45, 7) is 2.38. The van der Waals surface area contributed by atoms with Gasteiger partial charge in [-0.15, -0.1) is 0 Å². The molecule has 1 aliphatic rings. The van der Waals surface area contributed by atoms with Crippen LogP contribution in [0.1, 0.15) is 43.9 Å². The molecule has 5 rings (SSSR count). The molecular weight excluding hydrogens is 520 g/mol. The maximum Gasteiger partial charge on any atom is 0.206 e. The Morgan fingerprint density at radius 1 is 0.951 bits per heavy atom. The van der Waals surface area contributed by atoms with E-state index in [0.717, 1.165) is 70.9 Å². The maximum atomic E-state index is 9.60. The van der Waals surface area contributed by atoms with Crippen molar-refractivity contribution < 1.29 is 24.4 Å². The van der Waals surface area contributed by atoms with Crippen molar-refractivity contribution in [2.24, 2.45) is 5.73 Å². The fourth-order valence-electron chi connectivity index (χ4n) is 5.11. The van der Waals surface area contributed by atoms with Crippen LogP contribution in [0.3, 0.4) is 0 Å². The van der Waals surface area contributed by atoms with Crippen molar-refractivity contribution in [3.05, 3.63) is 72.3 Å². The SMILES string of the molecule is NCCCOc1cccc(-c2ccc(CNc3nc4ccccc4n3[C@H]3CC[C@@H](CO)O3)cc2OCCCCO)c1. The number of anilines is 1. The zero-order chi connectivity index (χ0) is 28.4. The largest absolute Gasteiger partial charge is 0.494 e. The fourth-order valence-corrected chi connectivity index (χ4v) is 5.11. The van der Waals surface area contributed by atoms with Crippen molar-refractivity contribution in [3.63, 3.8) is 0 Å². The summed E-state index contributed by atoms with van der Waals surface area (Å²) >= 11 is 0. The topological polar surface area (TPSA) is 124 Å². The summed E-state index contributed by atoms with van der Waals surface area (Å²) in [6, 6.07) is 22.2. The van der Waals surface area contributed by atoms with Crippen LogP contribution in [0.15, 0.2) is 66.7 Å². The molecule has 1 aliphatic heterocycles. The van der Waals surface area contributed by atoms with Crippen LogP contribution in [-0.4, -0.2) is 58.8 Å². The number of hydrogen-bond donors (Lipinski definition) is 4. The van der Waals surface area contributed by atoms with Crippen LogP contribution in [0.2, 0.25) is 0 Å². The molecule has 41 heavy (non-hydrogen) atoms. The highest BCUT2D eigenvalue weighted by Crippen LogP contribution is 2.36. The Morgan fingerprint density at radius 2 is 1.83 bits per heavy atom. The van der Waals surface area contributed by atoms with Gasteiger partial charge >= 0.3 is 0 Å². The third-order valence-electron chi connectivity index (χ3n) is 7.24. The molecule has 2 atom stereocenters. The molecule has 9 heteroatoms. The lowest BCUT2D eigenvalue weighted by molar-refractivity contribution is -0.0195. The minimum Gasteiger partial charge on any atom is -0.494 e. The summed E-state index contributed by atoms with van der Waals surface area (Å²) in [6.07, 6.45) is 3.54. The van der Waals surface area contributed by atoms with Gasteiger partial charge < -0.3 is 35.5 Å². The normalized spacial score (nSPS) is 16.8. The number of fused-ring (bicyclic) bond motifs is 1. The first-order valence-corrected chi connectivity index (χ1v) is 14.5. The minimum atomic E-state index is -0.186. The number of benzene rings is 3. The maximum absolute atomic E-state index is 9.60. The second-order valence-corrected chi connectivity index (χ2v) is 10.2. The summed E-state index contributed by atoms with van der Waals surface area (Å²) in [7, 11) is 0. The third kappa shape index (κ3) is 7.18. The number of ether oxygens (including phenoxy) is 3. The van der Waals surface area contributed by atoms with E-state index in [1.807, 2.05) is 48.5 Å². The summed E-state index contributed by atoms with van der Waals surface area (Å²) in [5.74, 6) is 2.30. The van der Waals surface area contributed by atoms with Crippen molar-refractivity contribution in [1.29, 1.82) is 0 Å². The molecule has 0 aliphatic carbocycles. The molecule has 1 fully saturated rings. The Morgan fingerprint density at radius 3 is 2.66 bits per heavy atom. The number of aliphatic hydroxyl groups is 2. The van der Waals surface area contributed by atoms with Crippen LogP contribution in [0.25, 0.3) is 22.2 Å². The number of nitrogens with two attached hydrogens (primary N) is 1. The molecule has 9 nitrogen and oxygen atoms in total. The van der Waals surface area contributed by atoms with E-state index in [0.29, 0.717) is 32.7 Å². The zero-order valence-electron chi connectivity index (χ0n) is 23.4. The summed E-state index contributed by atoms with van der Waals surface area (Å²) in [5, 5.41) is 22.3. The molecule has 3 aromatic carbocycles. The Labute approximate surface area is 240 Å². The van der Waals surface area contributed by atoms with Gasteiger partial charge in [-0.2, -0.15) is 0 Å². The first kappa shape index (κ1) is 28.9. The second-order valence-electron chi connectivity index (χ2n) is 10.2. The number of para-hydroxylation sites is 2. The van der Waals surface area contributed by atoms with Crippen molar-refractivity contribution in [2.45, 2.75) is 51.0 Å². The van der Waals surface area contributed by atoms with Crippen LogP contribution in [0.5, 0.6) is 11.5 Å². The Hall–Kier alpha value is -3.63. The van der Waals surface area contributed by atoms with Crippen molar-refractivity contribution in [3.8, 4) is 22.6 Å². The molecule has 0 amide bonds. The molecule has 1 saturated heterocycles. The van der Waals surface area contributed by atoms with E-state index in [4.69, 9.17) is 24.9 Å². The number of imidazole rings is 1. The molecule has 1 aromatic heterocycles. The summed E-state index contributed by atoms with van der Waals surface area (Å²) in [5.41, 5.74) is 10.5. The first-order chi connectivity index (χ1) is 20.2. The molecule has 0 bridgehead atoms. The molecule has 4 aromatic rings. The standard InChI is InChI=1S/C32H40N4O5/c33-15-6-18-39-25-8-5-7-24(20-25)27-13-11-23(19-30(27)40-17-4-3-16-37)21-34-32-35-28-9-1-2-10-29(28)36(32)31-14-12-26(22-38)41-31/h1-2,5,7-11,13,19-20,26,31,37-38H,3-4,6,12,14-18,21-22,33H2,(H,34,35)/t26-,31+/m0/s1. The van der Waals surface area contributed by atoms with Gasteiger partial charge in [-0.3, -0.25) is 4.57 Å². The molecule has 5 N–H and O–H groups in total. The fraction of sp³-hybridized carbons (Fsp3) is 0.406. The van der Waals surface area contributed by atoms with Gasteiger partial charge in [0.15, 0.2) is 0 Å². The van der Waals surface area contributed by atoms with Gasteiger partial charge in [-0.05, 0) is 80.1 Å². The van der Waals surface area contributed by atoms with Gasteiger partial charge in [0.2, 0.25) is 5.95 Å². The number of nitrogens with one attached hydrogen (secondary N) is 1. The lowest BCUT2D eigenvalue weighted by Gasteiger charge is -2.19. The van der Waals surface area contributed by atoms with Gasteiger partial charge in [0.05, 0.1) is 37.0 Å². The average Bonchev–Trinajstić information content (AvgIpc) is 3.63. The van der Waals surface area contributed by atoms with E-state index in [1.54, 1.807) is 0 Å². The Kier molecular flexibility index (Phi) is 10.1. The van der Waals surface area contributed by atoms with Gasteiger partial charge in [-0.1, -0.05) is 36.4 Å². The van der Waals surface area contributed by atoms with Gasteiger partial charge in [-0.25, -0.2) is 4.98 Å². The Balaban J connectivity index is 1.38. The average molecular weight is 561 g/mol. The zero-order valence-corrected chi connectivity index (χ0v) is 23.4. The predicted octanol–water partition coefficient (Wildman–Crippen LogP) is 4.86. The van der Waals surface area contributed by atoms with Crippen LogP contribution in [-0.2, 0) is 11.3 Å². The number of nitrogens with zero attached hydrogens (tertiary/aromatic N) is 2. The molecule has 0 spiro atoms. The van der Waals surface area contributed by atoms with E-state index >= 15 is 0 Å². The first-order valence-electron chi connectivity index (χ1n) is 14.5. The minimum absolute atomic E-state index is 0.0159. The molecule has 0 saturated carbocycles. The van der Waals surface area contributed by atoms with Gasteiger partial charge in [0.25, 0.3) is 0 Å². The second kappa shape index (κ2) is 14.3. The molecule has 0 unspecified atom stereocenters. The smallest absolute Gasteiger partial charge is 0.206 e. The number of hydrogen-bond acceptors (Lipinski definition) is 8. The van der Waals surface area contributed by atoms with E-state index < -0.39 is 0 Å². The van der Waals surface area contributed by atoms with E-state index in [2.05, 4.69) is 28.1 Å². The highest BCUT2D eigenvalue weighted by atomic mass is 16.5. The molecule has 2 heterocycles. The summed E-state index contributed by atoms with van der Waals surface area (Å²) < 4.78 is 20.3. The molecular formula is C32H40N4O5. The lowest BCUT2D eigenvalue weighted by atomic mass is 10.0. The quantitative estimate of drug-likeness (QED) is 0.152.